The lowest BCUT2D eigenvalue weighted by molar-refractivity contribution is 0.0900. The topological polar surface area (TPSA) is 49.8 Å². The van der Waals surface area contributed by atoms with Gasteiger partial charge >= 0.3 is 6.09 Å². The van der Waals surface area contributed by atoms with Crippen molar-refractivity contribution in [2.75, 3.05) is 24.7 Å². The third kappa shape index (κ3) is 2.58. The zero-order chi connectivity index (χ0) is 12.3. The molecule has 1 saturated heterocycles. The quantitative estimate of drug-likeness (QED) is 0.869. The summed E-state index contributed by atoms with van der Waals surface area (Å²) in [4.78, 5) is 13.2. The molecule has 1 amide bonds. The van der Waals surface area contributed by atoms with Gasteiger partial charge in [-0.1, -0.05) is 19.1 Å². The molecular formula is C13H17NO3. The number of amides is 1. The second kappa shape index (κ2) is 5.19. The van der Waals surface area contributed by atoms with Crippen LogP contribution in [0.3, 0.4) is 0 Å². The normalized spacial score (nSPS) is 20.2. The van der Waals surface area contributed by atoms with Crippen LogP contribution in [-0.4, -0.2) is 31.0 Å². The molecule has 0 aromatic heterocycles. The van der Waals surface area contributed by atoms with Crippen LogP contribution in [0.25, 0.3) is 0 Å². The molecule has 1 N–H and O–H groups in total. The minimum atomic E-state index is -0.334. The molecular weight excluding hydrogens is 218 g/mol. The van der Waals surface area contributed by atoms with E-state index in [-0.39, 0.29) is 18.6 Å². The molecule has 1 aromatic rings. The van der Waals surface area contributed by atoms with Crippen LogP contribution in [0.5, 0.6) is 0 Å². The number of aliphatic hydroxyl groups excluding tert-OH is 1. The van der Waals surface area contributed by atoms with Gasteiger partial charge in [0.2, 0.25) is 0 Å². The Kier molecular flexibility index (Phi) is 3.64. The molecule has 0 aliphatic carbocycles. The number of cyclic esters (lactones) is 1. The van der Waals surface area contributed by atoms with Gasteiger partial charge in [0, 0.05) is 18.2 Å². The second-order valence-electron chi connectivity index (χ2n) is 4.26. The number of nitrogens with zero attached hydrogens (tertiary/aromatic N) is 1. The van der Waals surface area contributed by atoms with E-state index in [2.05, 4.69) is 6.92 Å². The summed E-state index contributed by atoms with van der Waals surface area (Å²) in [6.07, 6.45) is 0.642. The van der Waals surface area contributed by atoms with E-state index in [0.29, 0.717) is 13.2 Å². The lowest BCUT2D eigenvalue weighted by Gasteiger charge is -2.31. The highest BCUT2D eigenvalue weighted by atomic mass is 16.6. The molecule has 4 heteroatoms. The van der Waals surface area contributed by atoms with E-state index in [0.717, 1.165) is 12.1 Å². The average molecular weight is 235 g/mol. The van der Waals surface area contributed by atoms with Crippen LogP contribution in [0.1, 0.15) is 12.5 Å². The van der Waals surface area contributed by atoms with E-state index in [4.69, 9.17) is 9.84 Å². The van der Waals surface area contributed by atoms with Crippen LogP contribution in [-0.2, 0) is 11.2 Å². The number of carbonyl (C=O) groups is 1. The van der Waals surface area contributed by atoms with Crippen molar-refractivity contribution in [3.8, 4) is 0 Å². The summed E-state index contributed by atoms with van der Waals surface area (Å²) in [5, 5.41) is 9.11. The third-order valence-electron chi connectivity index (χ3n) is 3.02. The van der Waals surface area contributed by atoms with Crippen molar-refractivity contribution in [3.05, 3.63) is 29.8 Å². The van der Waals surface area contributed by atoms with Crippen molar-refractivity contribution < 1.29 is 14.6 Å². The van der Waals surface area contributed by atoms with Crippen LogP contribution in [0, 0.1) is 5.92 Å². The Labute approximate surface area is 101 Å². The maximum absolute atomic E-state index is 11.6. The fourth-order valence-corrected chi connectivity index (χ4v) is 1.89. The van der Waals surface area contributed by atoms with Crippen LogP contribution < -0.4 is 4.90 Å². The molecule has 1 heterocycles. The van der Waals surface area contributed by atoms with E-state index in [9.17, 15) is 4.79 Å². The summed E-state index contributed by atoms with van der Waals surface area (Å²) in [7, 11) is 0. The van der Waals surface area contributed by atoms with E-state index in [1.165, 1.54) is 5.56 Å². The number of hydrogen-bond donors (Lipinski definition) is 1. The first-order valence-corrected chi connectivity index (χ1v) is 5.88. The number of aliphatic hydroxyl groups is 1. The summed E-state index contributed by atoms with van der Waals surface area (Å²) in [6, 6.07) is 7.84. The number of hydrogen-bond acceptors (Lipinski definition) is 3. The fraction of sp³-hybridized carbons (Fsp3) is 0.462. The lowest BCUT2D eigenvalue weighted by Crippen LogP contribution is -2.44. The Morgan fingerprint density at radius 3 is 2.71 bits per heavy atom. The molecule has 1 unspecified atom stereocenters. The predicted octanol–water partition coefficient (Wildman–Crippen LogP) is 1.81. The lowest BCUT2D eigenvalue weighted by atomic mass is 10.1. The Morgan fingerprint density at radius 2 is 2.12 bits per heavy atom. The number of benzene rings is 1. The molecule has 4 nitrogen and oxygen atoms in total. The summed E-state index contributed by atoms with van der Waals surface area (Å²) in [6.45, 7) is 2.95. The van der Waals surface area contributed by atoms with Gasteiger partial charge in [-0.05, 0) is 24.1 Å². The van der Waals surface area contributed by atoms with Crippen molar-refractivity contribution >= 4 is 11.8 Å². The standard InChI is InChI=1S/C13H17NO3/c1-2-10-3-5-12(6-4-10)14-7-11(8-15)9-17-13(14)16/h3-6,11,15H,2,7-9H2,1H3. The van der Waals surface area contributed by atoms with E-state index >= 15 is 0 Å². The maximum atomic E-state index is 11.6. The highest BCUT2D eigenvalue weighted by molar-refractivity contribution is 5.88. The monoisotopic (exact) mass is 235 g/mol. The van der Waals surface area contributed by atoms with Crippen LogP contribution >= 0.6 is 0 Å². The van der Waals surface area contributed by atoms with Crippen molar-refractivity contribution in [3.63, 3.8) is 0 Å². The summed E-state index contributed by atoms with van der Waals surface area (Å²) < 4.78 is 5.03. The first-order valence-electron chi connectivity index (χ1n) is 5.88. The van der Waals surface area contributed by atoms with Gasteiger partial charge in [-0.2, -0.15) is 0 Å². The second-order valence-corrected chi connectivity index (χ2v) is 4.26. The first kappa shape index (κ1) is 11.9. The Balaban J connectivity index is 2.15. The van der Waals surface area contributed by atoms with Gasteiger partial charge in [0.1, 0.15) is 0 Å². The van der Waals surface area contributed by atoms with E-state index in [1.54, 1.807) is 4.90 Å². The molecule has 92 valence electrons. The van der Waals surface area contributed by atoms with Gasteiger partial charge < -0.3 is 9.84 Å². The van der Waals surface area contributed by atoms with Gasteiger partial charge in [0.15, 0.2) is 0 Å². The minimum absolute atomic E-state index is 0.00134. The highest BCUT2D eigenvalue weighted by Gasteiger charge is 2.27. The molecule has 0 saturated carbocycles. The summed E-state index contributed by atoms with van der Waals surface area (Å²) in [5.74, 6) is -0.00134. The Hall–Kier alpha value is -1.55. The third-order valence-corrected chi connectivity index (χ3v) is 3.02. The minimum Gasteiger partial charge on any atom is -0.449 e. The zero-order valence-corrected chi connectivity index (χ0v) is 9.93. The first-order chi connectivity index (χ1) is 8.24. The van der Waals surface area contributed by atoms with Crippen LogP contribution in [0.4, 0.5) is 10.5 Å². The number of carbonyl (C=O) groups excluding carboxylic acids is 1. The molecule has 0 radical (unpaired) electrons. The smallest absolute Gasteiger partial charge is 0.414 e. The number of rotatable bonds is 3. The predicted molar refractivity (Wildman–Crippen MR) is 65.1 cm³/mol. The molecule has 1 aromatic carbocycles. The zero-order valence-electron chi connectivity index (χ0n) is 9.93. The Bertz CT molecular complexity index is 388. The number of ether oxygens (including phenoxy) is 1. The van der Waals surface area contributed by atoms with E-state index in [1.807, 2.05) is 24.3 Å². The van der Waals surface area contributed by atoms with Gasteiger partial charge in [-0.15, -0.1) is 0 Å². The van der Waals surface area contributed by atoms with Gasteiger partial charge in [-0.3, -0.25) is 4.90 Å². The van der Waals surface area contributed by atoms with Gasteiger partial charge in [0.25, 0.3) is 0 Å². The molecule has 1 aliphatic heterocycles. The number of aryl methyl sites for hydroxylation is 1. The van der Waals surface area contributed by atoms with Crippen molar-refractivity contribution in [1.82, 2.24) is 0 Å². The van der Waals surface area contributed by atoms with Gasteiger partial charge in [0.05, 0.1) is 13.2 Å². The SMILES string of the molecule is CCc1ccc(N2CC(CO)COC2=O)cc1. The van der Waals surface area contributed by atoms with Gasteiger partial charge in [-0.25, -0.2) is 4.79 Å². The van der Waals surface area contributed by atoms with Crippen LogP contribution in [0.15, 0.2) is 24.3 Å². The van der Waals surface area contributed by atoms with E-state index < -0.39 is 0 Å². The molecule has 1 atom stereocenters. The molecule has 1 fully saturated rings. The van der Waals surface area contributed by atoms with Crippen molar-refractivity contribution in [2.45, 2.75) is 13.3 Å². The average Bonchev–Trinajstić information content (AvgIpc) is 2.39. The van der Waals surface area contributed by atoms with Crippen LogP contribution in [0.2, 0.25) is 0 Å². The molecule has 0 bridgehead atoms. The maximum Gasteiger partial charge on any atom is 0.414 e. The summed E-state index contributed by atoms with van der Waals surface area (Å²) in [5.41, 5.74) is 2.06. The largest absolute Gasteiger partial charge is 0.449 e. The molecule has 0 spiro atoms. The highest BCUT2D eigenvalue weighted by Crippen LogP contribution is 2.21. The molecule has 2 rings (SSSR count). The molecule has 1 aliphatic rings. The fourth-order valence-electron chi connectivity index (χ4n) is 1.89. The Morgan fingerprint density at radius 1 is 1.41 bits per heavy atom. The molecule has 17 heavy (non-hydrogen) atoms. The summed E-state index contributed by atoms with van der Waals surface area (Å²) >= 11 is 0. The van der Waals surface area contributed by atoms with Crippen molar-refractivity contribution in [1.29, 1.82) is 0 Å². The number of anilines is 1. The van der Waals surface area contributed by atoms with Crippen molar-refractivity contribution in [2.24, 2.45) is 5.92 Å².